The Morgan fingerprint density at radius 2 is 2.32 bits per heavy atom. The molecule has 1 aliphatic heterocycles. The predicted molar refractivity (Wildman–Crippen MR) is 85.5 cm³/mol. The summed E-state index contributed by atoms with van der Waals surface area (Å²) < 4.78 is 24.7. The quantitative estimate of drug-likeness (QED) is 0.598. The van der Waals surface area contributed by atoms with Crippen LogP contribution in [0.2, 0.25) is 0 Å². The van der Waals surface area contributed by atoms with E-state index in [-0.39, 0.29) is 28.7 Å². The van der Waals surface area contributed by atoms with Crippen LogP contribution in [0.4, 0.5) is 0 Å². The van der Waals surface area contributed by atoms with Gasteiger partial charge >= 0.3 is 0 Å². The number of carbonyl (C=O) groups excluding carboxylic acids is 1. The number of sulfone groups is 1. The van der Waals surface area contributed by atoms with Gasteiger partial charge in [-0.1, -0.05) is 17.8 Å². The predicted octanol–water partition coefficient (Wildman–Crippen LogP) is 0.556. The van der Waals surface area contributed by atoms with Gasteiger partial charge in [0.1, 0.15) is 5.82 Å². The van der Waals surface area contributed by atoms with Gasteiger partial charge in [0.05, 0.1) is 16.8 Å². The van der Waals surface area contributed by atoms with Crippen LogP contribution < -0.4 is 5.32 Å². The standard InChI is InChI=1S/C13H20N4O3S2/c1-4-6-17-10(3)15-16-13(17)21-9(2)12(18)14-11-5-7-22(19,20)8-11/h4,9,11H,1,5-8H2,2-3H3,(H,14,18)/t9-,11+/m0/s1. The molecule has 122 valence electrons. The lowest BCUT2D eigenvalue weighted by atomic mass is 10.2. The maximum atomic E-state index is 12.2. The molecule has 1 N–H and O–H groups in total. The molecule has 1 aliphatic rings. The second-order valence-electron chi connectivity index (χ2n) is 5.30. The van der Waals surface area contributed by atoms with E-state index in [1.54, 1.807) is 13.0 Å². The monoisotopic (exact) mass is 344 g/mol. The van der Waals surface area contributed by atoms with Crippen molar-refractivity contribution < 1.29 is 13.2 Å². The molecule has 2 rings (SSSR count). The maximum absolute atomic E-state index is 12.2. The summed E-state index contributed by atoms with van der Waals surface area (Å²) >= 11 is 1.30. The van der Waals surface area contributed by atoms with E-state index < -0.39 is 9.84 Å². The molecule has 0 saturated carbocycles. The van der Waals surface area contributed by atoms with Crippen molar-refractivity contribution in [3.63, 3.8) is 0 Å². The number of thioether (sulfide) groups is 1. The molecule has 7 nitrogen and oxygen atoms in total. The van der Waals surface area contributed by atoms with Gasteiger partial charge in [-0.2, -0.15) is 0 Å². The minimum Gasteiger partial charge on any atom is -0.351 e. The maximum Gasteiger partial charge on any atom is 0.233 e. The van der Waals surface area contributed by atoms with E-state index in [0.717, 1.165) is 5.82 Å². The average molecular weight is 344 g/mol. The van der Waals surface area contributed by atoms with Gasteiger partial charge in [0.2, 0.25) is 5.91 Å². The zero-order chi connectivity index (χ0) is 16.3. The molecule has 1 amide bonds. The Labute approximate surface area is 134 Å². The van der Waals surface area contributed by atoms with Crippen molar-refractivity contribution in [2.75, 3.05) is 11.5 Å². The Bertz CT molecular complexity index is 669. The molecule has 0 aromatic carbocycles. The first-order valence-electron chi connectivity index (χ1n) is 7.00. The first kappa shape index (κ1) is 17.0. The van der Waals surface area contributed by atoms with Gasteiger partial charge in [0.25, 0.3) is 0 Å². The molecule has 2 atom stereocenters. The average Bonchev–Trinajstić information content (AvgIpc) is 2.95. The highest BCUT2D eigenvalue weighted by Gasteiger charge is 2.30. The summed E-state index contributed by atoms with van der Waals surface area (Å²) in [6, 6.07) is -0.284. The van der Waals surface area contributed by atoms with Gasteiger partial charge in [0, 0.05) is 12.6 Å². The molecular weight excluding hydrogens is 324 g/mol. The van der Waals surface area contributed by atoms with Gasteiger partial charge in [-0.3, -0.25) is 4.79 Å². The Morgan fingerprint density at radius 3 is 2.91 bits per heavy atom. The van der Waals surface area contributed by atoms with Crippen molar-refractivity contribution in [3.05, 3.63) is 18.5 Å². The molecular formula is C13H20N4O3S2. The number of aromatic nitrogens is 3. The zero-order valence-corrected chi connectivity index (χ0v) is 14.3. The van der Waals surface area contributed by atoms with Crippen LogP contribution in [0, 0.1) is 6.92 Å². The summed E-state index contributed by atoms with van der Waals surface area (Å²) in [5.74, 6) is 0.753. The van der Waals surface area contributed by atoms with Crippen LogP contribution in [-0.2, 0) is 21.2 Å². The van der Waals surface area contributed by atoms with Gasteiger partial charge in [-0.05, 0) is 20.3 Å². The Morgan fingerprint density at radius 1 is 1.59 bits per heavy atom. The van der Waals surface area contributed by atoms with E-state index in [9.17, 15) is 13.2 Å². The lowest BCUT2D eigenvalue weighted by Gasteiger charge is -2.15. The number of nitrogens with one attached hydrogen (secondary N) is 1. The van der Waals surface area contributed by atoms with Crippen LogP contribution in [-0.4, -0.2) is 51.9 Å². The third-order valence-electron chi connectivity index (χ3n) is 3.44. The second-order valence-corrected chi connectivity index (χ2v) is 8.83. The fourth-order valence-electron chi connectivity index (χ4n) is 2.23. The highest BCUT2D eigenvalue weighted by molar-refractivity contribution is 8.00. The molecule has 1 fully saturated rings. The zero-order valence-electron chi connectivity index (χ0n) is 12.7. The fourth-order valence-corrected chi connectivity index (χ4v) is 4.81. The number of aryl methyl sites for hydroxylation is 1. The largest absolute Gasteiger partial charge is 0.351 e. The molecule has 1 aromatic heterocycles. The van der Waals surface area contributed by atoms with Crippen LogP contribution in [0.5, 0.6) is 0 Å². The van der Waals surface area contributed by atoms with Gasteiger partial charge < -0.3 is 9.88 Å². The molecule has 9 heteroatoms. The second kappa shape index (κ2) is 6.82. The van der Waals surface area contributed by atoms with E-state index in [2.05, 4.69) is 22.1 Å². The molecule has 0 aliphatic carbocycles. The van der Waals surface area contributed by atoms with Crippen molar-refractivity contribution in [3.8, 4) is 0 Å². The van der Waals surface area contributed by atoms with Crippen molar-refractivity contribution in [1.82, 2.24) is 20.1 Å². The highest BCUT2D eigenvalue weighted by Crippen LogP contribution is 2.23. The van der Waals surface area contributed by atoms with Gasteiger partial charge in [0.15, 0.2) is 15.0 Å². The normalized spacial score (nSPS) is 21.5. The summed E-state index contributed by atoms with van der Waals surface area (Å²) in [4.78, 5) is 12.2. The van der Waals surface area contributed by atoms with E-state index >= 15 is 0 Å². The van der Waals surface area contributed by atoms with Crippen molar-refractivity contribution in [1.29, 1.82) is 0 Å². The minimum atomic E-state index is -3.00. The Balaban J connectivity index is 1.96. The molecule has 0 spiro atoms. The topological polar surface area (TPSA) is 93.9 Å². The van der Waals surface area contributed by atoms with E-state index in [1.165, 1.54) is 11.8 Å². The number of nitrogens with zero attached hydrogens (tertiary/aromatic N) is 3. The number of amides is 1. The lowest BCUT2D eigenvalue weighted by molar-refractivity contribution is -0.120. The van der Waals surface area contributed by atoms with E-state index in [1.807, 2.05) is 11.5 Å². The van der Waals surface area contributed by atoms with Gasteiger partial charge in [-0.15, -0.1) is 16.8 Å². The number of hydrogen-bond donors (Lipinski definition) is 1. The summed E-state index contributed by atoms with van der Waals surface area (Å²) in [5, 5.41) is 11.1. The molecule has 2 heterocycles. The first-order valence-corrected chi connectivity index (χ1v) is 9.70. The summed E-state index contributed by atoms with van der Waals surface area (Å²) in [7, 11) is -3.00. The number of allylic oxidation sites excluding steroid dienone is 1. The van der Waals surface area contributed by atoms with Crippen LogP contribution in [0.15, 0.2) is 17.8 Å². The smallest absolute Gasteiger partial charge is 0.233 e. The van der Waals surface area contributed by atoms with Gasteiger partial charge in [-0.25, -0.2) is 8.42 Å². The first-order chi connectivity index (χ1) is 10.3. The van der Waals surface area contributed by atoms with E-state index in [4.69, 9.17) is 0 Å². The Hall–Kier alpha value is -1.35. The number of rotatable bonds is 6. The lowest BCUT2D eigenvalue weighted by Crippen LogP contribution is -2.40. The van der Waals surface area contributed by atoms with Crippen molar-refractivity contribution in [2.45, 2.75) is 43.3 Å². The molecule has 1 saturated heterocycles. The third-order valence-corrected chi connectivity index (χ3v) is 6.29. The number of carbonyl (C=O) groups is 1. The molecule has 1 aromatic rings. The fraction of sp³-hybridized carbons (Fsp3) is 0.615. The summed E-state index contributed by atoms with van der Waals surface area (Å²) in [6.45, 7) is 7.88. The number of hydrogen-bond acceptors (Lipinski definition) is 6. The van der Waals surface area contributed by atoms with Crippen LogP contribution in [0.1, 0.15) is 19.2 Å². The van der Waals surface area contributed by atoms with Crippen LogP contribution in [0.25, 0.3) is 0 Å². The van der Waals surface area contributed by atoms with Crippen molar-refractivity contribution in [2.24, 2.45) is 0 Å². The summed E-state index contributed by atoms with van der Waals surface area (Å²) in [6.07, 6.45) is 2.23. The third kappa shape index (κ3) is 4.10. The van der Waals surface area contributed by atoms with Crippen molar-refractivity contribution >= 4 is 27.5 Å². The van der Waals surface area contributed by atoms with E-state index in [0.29, 0.717) is 18.1 Å². The summed E-state index contributed by atoms with van der Waals surface area (Å²) in [5.41, 5.74) is 0. The molecule has 0 unspecified atom stereocenters. The SMILES string of the molecule is C=CCn1c(C)nnc1S[C@@H](C)C(=O)N[C@@H]1CCS(=O)(=O)C1. The Kier molecular flexibility index (Phi) is 5.28. The van der Waals surface area contributed by atoms with Crippen LogP contribution in [0.3, 0.4) is 0 Å². The highest BCUT2D eigenvalue weighted by atomic mass is 32.2. The molecule has 22 heavy (non-hydrogen) atoms. The minimum absolute atomic E-state index is 0.0296. The molecule has 0 bridgehead atoms. The van der Waals surface area contributed by atoms with Crippen LogP contribution >= 0.6 is 11.8 Å². The molecule has 0 radical (unpaired) electrons.